The van der Waals surface area contributed by atoms with E-state index in [0.717, 1.165) is 33.5 Å². The summed E-state index contributed by atoms with van der Waals surface area (Å²) >= 11 is 0. The summed E-state index contributed by atoms with van der Waals surface area (Å²) in [6, 6.07) is 30.6. The normalized spacial score (nSPS) is 16.9. The summed E-state index contributed by atoms with van der Waals surface area (Å²) in [7, 11) is 4.02. The molecule has 9 heteroatoms. The monoisotopic (exact) mass is 660 g/mol. The van der Waals surface area contributed by atoms with Gasteiger partial charge in [-0.1, -0.05) is 55.5 Å². The van der Waals surface area contributed by atoms with E-state index in [0.29, 0.717) is 36.6 Å². The number of rotatable bonds is 11. The highest BCUT2D eigenvalue weighted by Gasteiger charge is 2.33. The number of aryl methyl sites for hydroxylation is 1. The molecule has 6 rings (SSSR count). The van der Waals surface area contributed by atoms with Crippen LogP contribution in [0.1, 0.15) is 35.3 Å². The Hall–Kier alpha value is -5.12. The van der Waals surface area contributed by atoms with Crippen LogP contribution in [0.3, 0.4) is 0 Å². The molecule has 254 valence electrons. The Balaban J connectivity index is 1.16. The number of ether oxygens (including phenoxy) is 2. The van der Waals surface area contributed by atoms with Crippen molar-refractivity contribution in [2.24, 2.45) is 13.0 Å². The average molecular weight is 661 g/mol. The van der Waals surface area contributed by atoms with Gasteiger partial charge in [-0.25, -0.2) is 0 Å². The third kappa shape index (κ3) is 7.96. The van der Waals surface area contributed by atoms with Gasteiger partial charge < -0.3 is 29.4 Å². The maximum absolute atomic E-state index is 13.9. The van der Waals surface area contributed by atoms with Gasteiger partial charge >= 0.3 is 0 Å². The fraction of sp³-hybridized carbons (Fsp3) is 0.300. The SMILES string of the molecule is C[C@@H]1CN([C@H](C)CO)C(=O)c2cc(NC(=O)Cc3cn(C)c4ccccc34)ccc2O[C@H]1CN(C)Cc1ccc(Oc2ccccc2)cc1. The van der Waals surface area contributed by atoms with E-state index in [9.17, 15) is 14.7 Å². The number of aliphatic hydroxyl groups excluding tert-OH is 1. The molecule has 0 aliphatic carbocycles. The fourth-order valence-electron chi connectivity index (χ4n) is 6.43. The van der Waals surface area contributed by atoms with Gasteiger partial charge in [0, 0.05) is 55.4 Å². The van der Waals surface area contributed by atoms with Crippen LogP contribution in [0.25, 0.3) is 10.9 Å². The van der Waals surface area contributed by atoms with Crippen LogP contribution in [-0.4, -0.2) is 70.2 Å². The van der Waals surface area contributed by atoms with Crippen LogP contribution < -0.4 is 14.8 Å². The van der Waals surface area contributed by atoms with E-state index in [1.807, 2.05) is 91.5 Å². The van der Waals surface area contributed by atoms with Crippen LogP contribution in [0.5, 0.6) is 17.2 Å². The summed E-state index contributed by atoms with van der Waals surface area (Å²) in [6.45, 7) is 5.48. The molecular formula is C40H44N4O5. The van der Waals surface area contributed by atoms with Gasteiger partial charge in [0.25, 0.3) is 5.91 Å². The zero-order valence-corrected chi connectivity index (χ0v) is 28.5. The molecule has 2 N–H and O–H groups in total. The lowest BCUT2D eigenvalue weighted by atomic mass is 9.99. The van der Waals surface area contributed by atoms with Crippen molar-refractivity contribution in [1.29, 1.82) is 0 Å². The average Bonchev–Trinajstić information content (AvgIpc) is 3.41. The van der Waals surface area contributed by atoms with E-state index in [1.54, 1.807) is 23.1 Å². The molecule has 1 aliphatic rings. The van der Waals surface area contributed by atoms with Crippen molar-refractivity contribution in [1.82, 2.24) is 14.4 Å². The van der Waals surface area contributed by atoms with Crippen LogP contribution in [0.4, 0.5) is 5.69 Å². The molecule has 4 aromatic carbocycles. The lowest BCUT2D eigenvalue weighted by Crippen LogP contribution is -2.49. The number of carbonyl (C=O) groups excluding carboxylic acids is 2. The Morgan fingerprint density at radius 2 is 1.73 bits per heavy atom. The van der Waals surface area contributed by atoms with Gasteiger partial charge in [0.15, 0.2) is 0 Å². The van der Waals surface area contributed by atoms with Gasteiger partial charge in [0.05, 0.1) is 24.6 Å². The van der Waals surface area contributed by atoms with Crippen molar-refractivity contribution in [3.05, 3.63) is 120 Å². The van der Waals surface area contributed by atoms with Crippen LogP contribution in [0, 0.1) is 5.92 Å². The molecule has 0 bridgehead atoms. The molecule has 0 radical (unpaired) electrons. The molecule has 5 aromatic rings. The molecule has 2 heterocycles. The Morgan fingerprint density at radius 3 is 2.49 bits per heavy atom. The molecule has 3 atom stereocenters. The first-order valence-corrected chi connectivity index (χ1v) is 16.7. The van der Waals surface area contributed by atoms with Gasteiger partial charge in [0.1, 0.15) is 23.4 Å². The Labute approximate surface area is 287 Å². The quantitative estimate of drug-likeness (QED) is 0.168. The van der Waals surface area contributed by atoms with Gasteiger partial charge in [-0.2, -0.15) is 0 Å². The van der Waals surface area contributed by atoms with E-state index in [1.165, 1.54) is 0 Å². The summed E-state index contributed by atoms with van der Waals surface area (Å²) in [5.41, 5.74) is 4.00. The number of hydrogen-bond acceptors (Lipinski definition) is 6. The molecule has 0 saturated carbocycles. The van der Waals surface area contributed by atoms with Crippen LogP contribution in [-0.2, 0) is 24.8 Å². The van der Waals surface area contributed by atoms with E-state index in [2.05, 4.69) is 36.3 Å². The lowest BCUT2D eigenvalue weighted by molar-refractivity contribution is -0.115. The van der Waals surface area contributed by atoms with Gasteiger partial charge in [-0.15, -0.1) is 0 Å². The number of carbonyl (C=O) groups is 2. The molecule has 1 aliphatic heterocycles. The second-order valence-electron chi connectivity index (χ2n) is 13.1. The van der Waals surface area contributed by atoms with Gasteiger partial charge in [0.2, 0.25) is 5.91 Å². The Bertz CT molecular complexity index is 1910. The summed E-state index contributed by atoms with van der Waals surface area (Å²) in [6.07, 6.45) is 1.94. The maximum atomic E-state index is 13.9. The second-order valence-corrected chi connectivity index (χ2v) is 13.1. The zero-order chi connectivity index (χ0) is 34.5. The number of aromatic nitrogens is 1. The molecule has 0 unspecified atom stereocenters. The molecule has 2 amide bonds. The lowest BCUT2D eigenvalue weighted by Gasteiger charge is -2.38. The molecular weight excluding hydrogens is 616 g/mol. The summed E-state index contributed by atoms with van der Waals surface area (Å²) < 4.78 is 14.6. The van der Waals surface area contributed by atoms with E-state index < -0.39 is 0 Å². The molecule has 0 fully saturated rings. The van der Waals surface area contributed by atoms with Crippen molar-refractivity contribution in [2.45, 2.75) is 39.0 Å². The molecule has 0 spiro atoms. The molecule has 49 heavy (non-hydrogen) atoms. The summed E-state index contributed by atoms with van der Waals surface area (Å²) in [4.78, 5) is 31.0. The number of nitrogens with zero attached hydrogens (tertiary/aromatic N) is 3. The van der Waals surface area contributed by atoms with E-state index >= 15 is 0 Å². The molecule has 1 aromatic heterocycles. The predicted molar refractivity (Wildman–Crippen MR) is 192 cm³/mol. The van der Waals surface area contributed by atoms with Crippen molar-refractivity contribution in [3.8, 4) is 17.2 Å². The fourth-order valence-corrected chi connectivity index (χ4v) is 6.43. The first-order chi connectivity index (χ1) is 23.7. The van der Waals surface area contributed by atoms with Gasteiger partial charge in [-0.3, -0.25) is 14.5 Å². The number of amides is 2. The highest BCUT2D eigenvalue weighted by molar-refractivity contribution is 6.00. The minimum Gasteiger partial charge on any atom is -0.488 e. The number of benzene rings is 4. The van der Waals surface area contributed by atoms with E-state index in [4.69, 9.17) is 9.47 Å². The number of para-hydroxylation sites is 2. The van der Waals surface area contributed by atoms with Gasteiger partial charge in [-0.05, 0) is 73.6 Å². The Kier molecular flexibility index (Phi) is 10.3. The van der Waals surface area contributed by atoms with Crippen molar-refractivity contribution < 1.29 is 24.2 Å². The van der Waals surface area contributed by atoms with Crippen LogP contribution in [0.2, 0.25) is 0 Å². The van der Waals surface area contributed by atoms with Crippen LogP contribution >= 0.6 is 0 Å². The highest BCUT2D eigenvalue weighted by atomic mass is 16.5. The van der Waals surface area contributed by atoms with Crippen molar-refractivity contribution >= 4 is 28.4 Å². The first kappa shape index (κ1) is 33.8. The van der Waals surface area contributed by atoms with Crippen molar-refractivity contribution in [2.75, 3.05) is 32.1 Å². The van der Waals surface area contributed by atoms with Crippen LogP contribution in [0.15, 0.2) is 103 Å². The highest BCUT2D eigenvalue weighted by Crippen LogP contribution is 2.31. The first-order valence-electron chi connectivity index (χ1n) is 16.7. The summed E-state index contributed by atoms with van der Waals surface area (Å²) in [5.74, 6) is 1.59. The zero-order valence-electron chi connectivity index (χ0n) is 28.5. The second kappa shape index (κ2) is 15.0. The predicted octanol–water partition coefficient (Wildman–Crippen LogP) is 6.50. The number of aliphatic hydroxyl groups is 1. The minimum atomic E-state index is -0.388. The number of anilines is 1. The number of nitrogens with one attached hydrogen (secondary N) is 1. The third-order valence-electron chi connectivity index (χ3n) is 9.13. The number of likely N-dealkylation sites (N-methyl/N-ethyl adjacent to an activating group) is 1. The topological polar surface area (TPSA) is 96.3 Å². The molecule has 0 saturated heterocycles. The maximum Gasteiger partial charge on any atom is 0.258 e. The number of hydrogen-bond donors (Lipinski definition) is 2. The minimum absolute atomic E-state index is 0.0183. The summed E-state index contributed by atoms with van der Waals surface area (Å²) in [5, 5.41) is 14.1. The largest absolute Gasteiger partial charge is 0.488 e. The molecule has 9 nitrogen and oxygen atoms in total. The van der Waals surface area contributed by atoms with Crippen molar-refractivity contribution in [3.63, 3.8) is 0 Å². The standard InChI is InChI=1S/C40H44N4O5/c1-27-22-44(28(2)26-45)40(47)35-21-31(41-39(46)20-30-24-43(4)36-13-9-8-12-34(30)36)16-19-37(35)49-38(27)25-42(3)23-29-14-17-33(18-15-29)48-32-10-6-5-7-11-32/h5-19,21,24,27-28,38,45H,20,22-23,25-26H2,1-4H3,(H,41,46)/t27-,28-,38+/m1/s1. The number of fused-ring (bicyclic) bond motifs is 2. The van der Waals surface area contributed by atoms with E-state index in [-0.39, 0.29) is 42.9 Å². The Morgan fingerprint density at radius 1 is 1.02 bits per heavy atom. The smallest absolute Gasteiger partial charge is 0.258 e. The third-order valence-corrected chi connectivity index (χ3v) is 9.13.